The molecule has 4 aromatic rings. The van der Waals surface area contributed by atoms with Crippen LogP contribution in [0.2, 0.25) is 5.02 Å². The van der Waals surface area contributed by atoms with Crippen molar-refractivity contribution in [1.29, 1.82) is 0 Å². The van der Waals surface area contributed by atoms with Gasteiger partial charge >= 0.3 is 0 Å². The SMILES string of the molecule is CCc1cccc(C)c1-n1c(C)cc([C@H]2[C@@H](c3ccccn3)NC(=S)N2c2ccc(Cl)cc2)c1C. The van der Waals surface area contributed by atoms with Gasteiger partial charge in [0, 0.05) is 28.3 Å². The lowest BCUT2D eigenvalue weighted by Gasteiger charge is -2.28. The number of halogens is 1. The molecule has 2 atom stereocenters. The maximum atomic E-state index is 6.21. The number of anilines is 1. The maximum absolute atomic E-state index is 6.21. The molecule has 35 heavy (non-hydrogen) atoms. The highest BCUT2D eigenvalue weighted by Crippen LogP contribution is 2.44. The Balaban J connectivity index is 1.71. The maximum Gasteiger partial charge on any atom is 0.174 e. The van der Waals surface area contributed by atoms with Gasteiger partial charge in [0.2, 0.25) is 0 Å². The molecule has 0 spiro atoms. The van der Waals surface area contributed by atoms with E-state index >= 15 is 0 Å². The third-order valence-electron chi connectivity index (χ3n) is 6.92. The molecule has 0 amide bonds. The van der Waals surface area contributed by atoms with Crippen LogP contribution in [0.25, 0.3) is 5.69 Å². The number of thiocarbonyl (C=S) groups is 1. The zero-order valence-electron chi connectivity index (χ0n) is 20.4. The molecule has 0 bridgehead atoms. The van der Waals surface area contributed by atoms with E-state index in [1.54, 1.807) is 0 Å². The molecule has 5 rings (SSSR count). The first-order valence-electron chi connectivity index (χ1n) is 11.9. The Morgan fingerprint density at radius 3 is 2.46 bits per heavy atom. The molecule has 1 fully saturated rings. The van der Waals surface area contributed by atoms with Gasteiger partial charge in [0.15, 0.2) is 5.11 Å². The van der Waals surface area contributed by atoms with Crippen LogP contribution >= 0.6 is 23.8 Å². The lowest BCUT2D eigenvalue weighted by Crippen LogP contribution is -2.29. The summed E-state index contributed by atoms with van der Waals surface area (Å²) in [4.78, 5) is 6.90. The molecule has 3 heterocycles. The Morgan fingerprint density at radius 1 is 1.00 bits per heavy atom. The first-order chi connectivity index (χ1) is 16.9. The molecule has 6 heteroatoms. The van der Waals surface area contributed by atoms with Crippen LogP contribution in [0.4, 0.5) is 5.69 Å². The second-order valence-corrected chi connectivity index (χ2v) is 9.89. The van der Waals surface area contributed by atoms with Gasteiger partial charge in [-0.1, -0.05) is 42.8 Å². The van der Waals surface area contributed by atoms with E-state index in [-0.39, 0.29) is 12.1 Å². The quantitative estimate of drug-likeness (QED) is 0.294. The van der Waals surface area contributed by atoms with Crippen LogP contribution in [0, 0.1) is 20.8 Å². The third-order valence-corrected chi connectivity index (χ3v) is 7.48. The number of rotatable bonds is 5. The molecule has 1 aliphatic heterocycles. The molecular weight excluding hydrogens is 472 g/mol. The summed E-state index contributed by atoms with van der Waals surface area (Å²) in [7, 11) is 0. The first kappa shape index (κ1) is 23.6. The number of para-hydroxylation sites is 1. The van der Waals surface area contributed by atoms with Crippen LogP contribution in [0.3, 0.4) is 0 Å². The molecule has 1 saturated heterocycles. The summed E-state index contributed by atoms with van der Waals surface area (Å²) in [5, 5.41) is 4.95. The second-order valence-electron chi connectivity index (χ2n) is 9.07. The molecule has 0 radical (unpaired) electrons. The number of nitrogens with one attached hydrogen (secondary N) is 1. The van der Waals surface area contributed by atoms with E-state index in [0.717, 1.165) is 17.8 Å². The van der Waals surface area contributed by atoms with Gasteiger partial charge < -0.3 is 14.8 Å². The number of aromatic nitrogens is 2. The van der Waals surface area contributed by atoms with Crippen molar-refractivity contribution in [2.24, 2.45) is 0 Å². The Hall–Kier alpha value is -3.15. The van der Waals surface area contributed by atoms with Gasteiger partial charge in [-0.25, -0.2) is 0 Å². The van der Waals surface area contributed by atoms with E-state index in [1.807, 2.05) is 42.6 Å². The number of nitrogens with zero attached hydrogens (tertiary/aromatic N) is 3. The Labute approximate surface area is 217 Å². The summed E-state index contributed by atoms with van der Waals surface area (Å²) in [6.45, 7) is 8.80. The zero-order chi connectivity index (χ0) is 24.7. The summed E-state index contributed by atoms with van der Waals surface area (Å²) < 4.78 is 2.40. The third kappa shape index (κ3) is 4.13. The zero-order valence-corrected chi connectivity index (χ0v) is 22.0. The molecule has 178 valence electrons. The fourth-order valence-corrected chi connectivity index (χ4v) is 5.78. The van der Waals surface area contributed by atoms with Crippen molar-refractivity contribution in [2.45, 2.75) is 46.2 Å². The summed E-state index contributed by atoms with van der Waals surface area (Å²) in [5.41, 5.74) is 9.50. The second kappa shape index (κ2) is 9.48. The van der Waals surface area contributed by atoms with E-state index in [9.17, 15) is 0 Å². The van der Waals surface area contributed by atoms with Crippen molar-refractivity contribution < 1.29 is 0 Å². The lowest BCUT2D eigenvalue weighted by molar-refractivity contribution is 0.565. The van der Waals surface area contributed by atoms with Crippen LogP contribution in [0.5, 0.6) is 0 Å². The molecule has 2 aromatic heterocycles. The summed E-state index contributed by atoms with van der Waals surface area (Å²) in [6, 6.07) is 22.6. The summed E-state index contributed by atoms with van der Waals surface area (Å²) in [6.07, 6.45) is 2.82. The van der Waals surface area contributed by atoms with Crippen LogP contribution in [0.1, 0.15) is 52.8 Å². The average Bonchev–Trinajstić information content (AvgIpc) is 3.35. The van der Waals surface area contributed by atoms with Crippen molar-refractivity contribution >= 4 is 34.6 Å². The molecule has 0 saturated carbocycles. The van der Waals surface area contributed by atoms with Crippen LogP contribution in [-0.4, -0.2) is 14.7 Å². The van der Waals surface area contributed by atoms with Gasteiger partial charge in [-0.3, -0.25) is 4.98 Å². The summed E-state index contributed by atoms with van der Waals surface area (Å²) >= 11 is 12.1. The standard InChI is InChI=1S/C29H29ClN4S/c1-5-21-10-8-9-18(2)27(21)33-19(3)17-24(20(33)4)28-26(25-11-6-7-16-31-25)32-29(35)34(28)23-14-12-22(30)13-15-23/h6-17,26,28H,5H2,1-4H3,(H,32,35)/t26-,28+/m1/s1. The number of pyridine rings is 1. The minimum atomic E-state index is -0.0872. The predicted molar refractivity (Wildman–Crippen MR) is 149 cm³/mol. The van der Waals surface area contributed by atoms with E-state index in [1.165, 1.54) is 33.8 Å². The van der Waals surface area contributed by atoms with E-state index in [4.69, 9.17) is 28.8 Å². The van der Waals surface area contributed by atoms with Gasteiger partial charge in [0.05, 0.1) is 23.5 Å². The normalized spacial score (nSPS) is 17.6. The Bertz CT molecular complexity index is 1380. The smallest absolute Gasteiger partial charge is 0.174 e. The molecule has 1 aliphatic rings. The van der Waals surface area contributed by atoms with E-state index in [2.05, 4.69) is 72.8 Å². The molecule has 4 nitrogen and oxygen atoms in total. The minimum Gasteiger partial charge on any atom is -0.351 e. The lowest BCUT2D eigenvalue weighted by atomic mass is 9.96. The molecule has 0 unspecified atom stereocenters. The molecule has 2 aromatic carbocycles. The predicted octanol–water partition coefficient (Wildman–Crippen LogP) is 7.19. The van der Waals surface area contributed by atoms with Crippen molar-refractivity contribution in [3.63, 3.8) is 0 Å². The number of aryl methyl sites for hydroxylation is 3. The molecular formula is C29H29ClN4S. The Morgan fingerprint density at radius 2 is 1.77 bits per heavy atom. The van der Waals surface area contributed by atoms with Gasteiger partial charge in [-0.15, -0.1) is 0 Å². The topological polar surface area (TPSA) is 33.1 Å². The highest BCUT2D eigenvalue weighted by Gasteiger charge is 2.42. The first-order valence-corrected chi connectivity index (χ1v) is 12.7. The van der Waals surface area contributed by atoms with E-state index in [0.29, 0.717) is 10.1 Å². The van der Waals surface area contributed by atoms with Gasteiger partial charge in [-0.2, -0.15) is 0 Å². The number of benzene rings is 2. The van der Waals surface area contributed by atoms with Crippen LogP contribution in [-0.2, 0) is 6.42 Å². The largest absolute Gasteiger partial charge is 0.351 e. The van der Waals surface area contributed by atoms with Gasteiger partial charge in [0.25, 0.3) is 0 Å². The van der Waals surface area contributed by atoms with Crippen LogP contribution < -0.4 is 10.2 Å². The van der Waals surface area contributed by atoms with Crippen molar-refractivity contribution in [1.82, 2.24) is 14.9 Å². The van der Waals surface area contributed by atoms with Crippen LogP contribution in [0.15, 0.2) is 72.9 Å². The van der Waals surface area contributed by atoms with Crippen molar-refractivity contribution in [2.75, 3.05) is 4.90 Å². The molecule has 0 aliphatic carbocycles. The fourth-order valence-electron chi connectivity index (χ4n) is 5.31. The van der Waals surface area contributed by atoms with E-state index < -0.39 is 0 Å². The van der Waals surface area contributed by atoms with Gasteiger partial charge in [0.1, 0.15) is 0 Å². The number of hydrogen-bond acceptors (Lipinski definition) is 2. The summed E-state index contributed by atoms with van der Waals surface area (Å²) in [5.74, 6) is 0. The van der Waals surface area contributed by atoms with Gasteiger partial charge in [-0.05, 0) is 98.6 Å². The fraction of sp³-hybridized carbons (Fsp3) is 0.241. The monoisotopic (exact) mass is 500 g/mol. The van der Waals surface area contributed by atoms with Crippen molar-refractivity contribution in [3.05, 3.63) is 112 Å². The molecule has 1 N–H and O–H groups in total. The average molecular weight is 501 g/mol. The minimum absolute atomic E-state index is 0.0624. The highest BCUT2D eigenvalue weighted by molar-refractivity contribution is 7.80. The highest BCUT2D eigenvalue weighted by atomic mass is 35.5. The van der Waals surface area contributed by atoms with Crippen molar-refractivity contribution in [3.8, 4) is 5.69 Å². The number of hydrogen-bond donors (Lipinski definition) is 1. The Kier molecular flexibility index (Phi) is 6.39.